The minimum Gasteiger partial charge on any atom is -0.322 e. The fourth-order valence-electron chi connectivity index (χ4n) is 2.61. The van der Waals surface area contributed by atoms with Crippen LogP contribution >= 0.6 is 11.6 Å². The molecule has 0 radical (unpaired) electrons. The number of nitrogens with zero attached hydrogens (tertiary/aromatic N) is 1. The summed E-state index contributed by atoms with van der Waals surface area (Å²) in [6.07, 6.45) is 2.37. The third kappa shape index (κ3) is 5.26. The lowest BCUT2D eigenvalue weighted by molar-refractivity contribution is -0.117. The van der Waals surface area contributed by atoms with E-state index in [0.717, 1.165) is 19.6 Å². The van der Waals surface area contributed by atoms with Gasteiger partial charge in [-0.3, -0.25) is 9.69 Å². The second-order valence-corrected chi connectivity index (χ2v) is 6.02. The number of anilines is 1. The molecule has 1 aliphatic heterocycles. The van der Waals surface area contributed by atoms with Crippen molar-refractivity contribution in [3.8, 4) is 0 Å². The van der Waals surface area contributed by atoms with Crippen molar-refractivity contribution in [2.24, 2.45) is 5.92 Å². The van der Waals surface area contributed by atoms with Crippen molar-refractivity contribution in [3.05, 3.63) is 29.0 Å². The van der Waals surface area contributed by atoms with Gasteiger partial charge in [-0.1, -0.05) is 11.6 Å². The Morgan fingerprint density at radius 2 is 2.38 bits per heavy atom. The highest BCUT2D eigenvalue weighted by Crippen LogP contribution is 2.18. The van der Waals surface area contributed by atoms with Gasteiger partial charge in [-0.2, -0.15) is 0 Å². The van der Waals surface area contributed by atoms with E-state index in [0.29, 0.717) is 10.9 Å². The Morgan fingerprint density at radius 3 is 3.05 bits per heavy atom. The number of rotatable bonds is 5. The molecule has 1 amide bonds. The molecule has 0 aromatic heterocycles. The molecule has 1 aromatic carbocycles. The number of carbonyl (C=O) groups is 1. The molecular weight excluding hydrogens is 293 g/mol. The van der Waals surface area contributed by atoms with E-state index >= 15 is 0 Å². The van der Waals surface area contributed by atoms with Crippen molar-refractivity contribution in [3.63, 3.8) is 0 Å². The average Bonchev–Trinajstić information content (AvgIpc) is 2.43. The quantitative estimate of drug-likeness (QED) is 0.877. The van der Waals surface area contributed by atoms with Crippen molar-refractivity contribution in [2.45, 2.75) is 12.8 Å². The Kier molecular flexibility index (Phi) is 5.96. The monoisotopic (exact) mass is 313 g/mol. The smallest absolute Gasteiger partial charge is 0.238 e. The van der Waals surface area contributed by atoms with Crippen LogP contribution in [0.2, 0.25) is 5.02 Å². The van der Waals surface area contributed by atoms with Crippen molar-refractivity contribution in [1.82, 2.24) is 10.2 Å². The summed E-state index contributed by atoms with van der Waals surface area (Å²) in [6.45, 7) is 3.19. The summed E-state index contributed by atoms with van der Waals surface area (Å²) in [6, 6.07) is 4.22. The Labute approximate surface area is 129 Å². The van der Waals surface area contributed by atoms with E-state index in [1.807, 2.05) is 11.9 Å². The van der Waals surface area contributed by atoms with Crippen LogP contribution in [0.25, 0.3) is 0 Å². The number of hydrogen-bond donors (Lipinski definition) is 2. The van der Waals surface area contributed by atoms with Crippen LogP contribution in [-0.2, 0) is 4.79 Å². The van der Waals surface area contributed by atoms with Gasteiger partial charge in [0, 0.05) is 11.6 Å². The lowest BCUT2D eigenvalue weighted by atomic mass is 9.99. The topological polar surface area (TPSA) is 44.4 Å². The van der Waals surface area contributed by atoms with E-state index in [-0.39, 0.29) is 18.1 Å². The molecule has 1 heterocycles. The largest absolute Gasteiger partial charge is 0.322 e. The van der Waals surface area contributed by atoms with Gasteiger partial charge < -0.3 is 10.6 Å². The van der Waals surface area contributed by atoms with E-state index in [4.69, 9.17) is 11.6 Å². The third-order valence-electron chi connectivity index (χ3n) is 3.59. The van der Waals surface area contributed by atoms with Crippen molar-refractivity contribution < 1.29 is 9.18 Å². The van der Waals surface area contributed by atoms with E-state index in [9.17, 15) is 9.18 Å². The summed E-state index contributed by atoms with van der Waals surface area (Å²) in [7, 11) is 1.91. The molecule has 0 spiro atoms. The van der Waals surface area contributed by atoms with Gasteiger partial charge in [-0.05, 0) is 57.1 Å². The van der Waals surface area contributed by atoms with Gasteiger partial charge in [0.15, 0.2) is 0 Å². The number of nitrogens with one attached hydrogen (secondary N) is 2. The second-order valence-electron chi connectivity index (χ2n) is 5.58. The normalized spacial score (nSPS) is 18.8. The first-order valence-electron chi connectivity index (χ1n) is 7.19. The molecule has 0 saturated carbocycles. The van der Waals surface area contributed by atoms with Gasteiger partial charge in [-0.25, -0.2) is 4.39 Å². The summed E-state index contributed by atoms with van der Waals surface area (Å²) in [4.78, 5) is 13.9. The maximum atomic E-state index is 13.6. The fourth-order valence-corrected chi connectivity index (χ4v) is 2.77. The highest BCUT2D eigenvalue weighted by atomic mass is 35.5. The first kappa shape index (κ1) is 16.2. The van der Waals surface area contributed by atoms with Crippen LogP contribution in [0.5, 0.6) is 0 Å². The van der Waals surface area contributed by atoms with Crippen LogP contribution < -0.4 is 10.6 Å². The van der Waals surface area contributed by atoms with Crippen LogP contribution in [0.1, 0.15) is 12.8 Å². The Bertz CT molecular complexity index is 492. The highest BCUT2D eigenvalue weighted by Gasteiger charge is 2.17. The standard InChI is InChI=1S/C15H21ClFN3O/c1-20(9-11-3-2-6-18-8-11)10-15(21)19-14-5-4-12(16)7-13(14)17/h4-5,7,11,18H,2-3,6,8-10H2,1H3,(H,19,21). The molecule has 0 aliphatic carbocycles. The third-order valence-corrected chi connectivity index (χ3v) is 3.82. The lowest BCUT2D eigenvalue weighted by Gasteiger charge is -2.27. The Hall–Kier alpha value is -1.17. The zero-order valence-corrected chi connectivity index (χ0v) is 12.9. The molecule has 1 atom stereocenters. The Morgan fingerprint density at radius 1 is 1.57 bits per heavy atom. The number of benzene rings is 1. The van der Waals surface area contributed by atoms with Crippen molar-refractivity contribution in [1.29, 1.82) is 0 Å². The van der Waals surface area contributed by atoms with E-state index in [2.05, 4.69) is 10.6 Å². The predicted molar refractivity (Wildman–Crippen MR) is 83.1 cm³/mol. The summed E-state index contributed by atoms with van der Waals surface area (Å²) in [5, 5.41) is 6.24. The van der Waals surface area contributed by atoms with Crippen LogP contribution in [0.15, 0.2) is 18.2 Å². The molecule has 6 heteroatoms. The van der Waals surface area contributed by atoms with Gasteiger partial charge in [0.1, 0.15) is 5.82 Å². The first-order chi connectivity index (χ1) is 10.0. The molecule has 1 fully saturated rings. The molecule has 1 aliphatic rings. The molecule has 21 heavy (non-hydrogen) atoms. The number of likely N-dealkylation sites (N-methyl/N-ethyl adjacent to an activating group) is 1. The van der Waals surface area contributed by atoms with Crippen LogP contribution in [0, 0.1) is 11.7 Å². The molecule has 0 bridgehead atoms. The van der Waals surface area contributed by atoms with Crippen LogP contribution in [-0.4, -0.2) is 44.0 Å². The molecule has 2 N–H and O–H groups in total. The van der Waals surface area contributed by atoms with E-state index in [1.165, 1.54) is 25.0 Å². The molecule has 1 aromatic rings. The van der Waals surface area contributed by atoms with Crippen molar-refractivity contribution in [2.75, 3.05) is 38.5 Å². The molecule has 4 nitrogen and oxygen atoms in total. The predicted octanol–water partition coefficient (Wildman–Crippen LogP) is 2.35. The maximum Gasteiger partial charge on any atom is 0.238 e. The van der Waals surface area contributed by atoms with Crippen molar-refractivity contribution >= 4 is 23.2 Å². The molecule has 116 valence electrons. The number of halogens is 2. The minimum absolute atomic E-state index is 0.164. The van der Waals surface area contributed by atoms with Gasteiger partial charge in [0.05, 0.1) is 12.2 Å². The van der Waals surface area contributed by atoms with Gasteiger partial charge in [0.25, 0.3) is 0 Å². The zero-order chi connectivity index (χ0) is 15.2. The number of piperidine rings is 1. The molecular formula is C15H21ClFN3O. The summed E-state index contributed by atoms with van der Waals surface area (Å²) in [5.41, 5.74) is 0.164. The minimum atomic E-state index is -0.519. The summed E-state index contributed by atoms with van der Waals surface area (Å²) in [5.74, 6) is -0.165. The molecule has 1 saturated heterocycles. The fraction of sp³-hybridized carbons (Fsp3) is 0.533. The molecule has 1 unspecified atom stereocenters. The first-order valence-corrected chi connectivity index (χ1v) is 7.56. The highest BCUT2D eigenvalue weighted by molar-refractivity contribution is 6.30. The van der Waals surface area contributed by atoms with Gasteiger partial charge >= 0.3 is 0 Å². The SMILES string of the molecule is CN(CC(=O)Nc1ccc(Cl)cc1F)CC1CCCNC1. The van der Waals surface area contributed by atoms with Crippen LogP contribution in [0.4, 0.5) is 10.1 Å². The number of carbonyl (C=O) groups excluding carboxylic acids is 1. The zero-order valence-electron chi connectivity index (χ0n) is 12.2. The molecule has 2 rings (SSSR count). The average molecular weight is 314 g/mol. The summed E-state index contributed by atoms with van der Waals surface area (Å²) < 4.78 is 13.6. The Balaban J connectivity index is 1.80. The number of amides is 1. The van der Waals surface area contributed by atoms with E-state index in [1.54, 1.807) is 6.07 Å². The van der Waals surface area contributed by atoms with Crippen LogP contribution in [0.3, 0.4) is 0 Å². The van der Waals surface area contributed by atoms with Gasteiger partial charge in [-0.15, -0.1) is 0 Å². The van der Waals surface area contributed by atoms with E-state index < -0.39 is 5.82 Å². The van der Waals surface area contributed by atoms with Gasteiger partial charge in [0.2, 0.25) is 5.91 Å². The maximum absolute atomic E-state index is 13.6. The second kappa shape index (κ2) is 7.73. The lowest BCUT2D eigenvalue weighted by Crippen LogP contribution is -2.39. The number of hydrogen-bond acceptors (Lipinski definition) is 3. The summed E-state index contributed by atoms with van der Waals surface area (Å²) >= 11 is 5.68.